The molecule has 0 spiro atoms. The molecule has 1 N–H and O–H groups in total. The number of aryl methyl sites for hydroxylation is 1. The van der Waals surface area contributed by atoms with Crippen LogP contribution in [0, 0.1) is 19.3 Å². The van der Waals surface area contributed by atoms with Crippen molar-refractivity contribution in [2.75, 3.05) is 0 Å². The van der Waals surface area contributed by atoms with Gasteiger partial charge in [0.05, 0.1) is 11.1 Å². The van der Waals surface area contributed by atoms with Gasteiger partial charge in [0.1, 0.15) is 0 Å². The summed E-state index contributed by atoms with van der Waals surface area (Å²) in [5, 5.41) is 2.78. The first kappa shape index (κ1) is 12.8. The van der Waals surface area contributed by atoms with Crippen molar-refractivity contribution in [1.82, 2.24) is 5.32 Å². The third-order valence-electron chi connectivity index (χ3n) is 2.16. The molecule has 0 atom stereocenters. The molecule has 1 aromatic rings. The average Bonchev–Trinajstić information content (AvgIpc) is 2.16. The molecule has 1 aromatic carbocycles. The summed E-state index contributed by atoms with van der Waals surface area (Å²) in [6.45, 7) is 5.54. The number of hydrogen-bond donors (Lipinski definition) is 1. The quantitative estimate of drug-likeness (QED) is 0.829. The number of halogens is 1. The van der Waals surface area contributed by atoms with E-state index in [0.29, 0.717) is 5.56 Å². The number of rotatable bonds is 2. The van der Waals surface area contributed by atoms with Crippen molar-refractivity contribution in [3.05, 3.63) is 33.8 Å². The van der Waals surface area contributed by atoms with Crippen LogP contribution in [0.2, 0.25) is 0 Å². The van der Waals surface area contributed by atoms with Gasteiger partial charge in [-0.15, -0.1) is 6.42 Å². The molecular weight excluding hydrogens is 266 g/mol. The lowest BCUT2D eigenvalue weighted by Crippen LogP contribution is -2.42. The molecular formula is C13H14BrNO. The smallest absolute Gasteiger partial charge is 0.253 e. The van der Waals surface area contributed by atoms with Crippen LogP contribution in [-0.2, 0) is 0 Å². The highest BCUT2D eigenvalue weighted by atomic mass is 79.9. The van der Waals surface area contributed by atoms with Gasteiger partial charge in [0, 0.05) is 4.47 Å². The normalized spacial score (nSPS) is 10.7. The van der Waals surface area contributed by atoms with Gasteiger partial charge >= 0.3 is 0 Å². The molecule has 84 valence electrons. The Hall–Kier alpha value is -1.27. The van der Waals surface area contributed by atoms with E-state index < -0.39 is 5.54 Å². The van der Waals surface area contributed by atoms with Gasteiger partial charge in [-0.1, -0.05) is 12.0 Å². The van der Waals surface area contributed by atoms with Crippen molar-refractivity contribution in [1.29, 1.82) is 0 Å². The second-order valence-corrected chi connectivity index (χ2v) is 5.06. The number of amides is 1. The summed E-state index contributed by atoms with van der Waals surface area (Å²) in [5.74, 6) is 2.35. The molecule has 0 aliphatic carbocycles. The lowest BCUT2D eigenvalue weighted by molar-refractivity contribution is 0.0929. The Morgan fingerprint density at radius 1 is 1.50 bits per heavy atom. The summed E-state index contributed by atoms with van der Waals surface area (Å²) in [5.41, 5.74) is 1.05. The van der Waals surface area contributed by atoms with E-state index in [0.717, 1.165) is 10.0 Å². The van der Waals surface area contributed by atoms with Crippen LogP contribution in [0.15, 0.2) is 22.7 Å². The van der Waals surface area contributed by atoms with Crippen LogP contribution in [0.5, 0.6) is 0 Å². The monoisotopic (exact) mass is 279 g/mol. The zero-order valence-electron chi connectivity index (χ0n) is 9.60. The van der Waals surface area contributed by atoms with E-state index in [1.807, 2.05) is 19.1 Å². The molecule has 2 nitrogen and oxygen atoms in total. The molecule has 1 amide bonds. The van der Waals surface area contributed by atoms with Gasteiger partial charge in [-0.25, -0.2) is 0 Å². The van der Waals surface area contributed by atoms with Gasteiger partial charge in [-0.2, -0.15) is 0 Å². The van der Waals surface area contributed by atoms with E-state index in [-0.39, 0.29) is 5.91 Å². The van der Waals surface area contributed by atoms with Crippen molar-refractivity contribution in [2.24, 2.45) is 0 Å². The van der Waals surface area contributed by atoms with Crippen molar-refractivity contribution in [3.63, 3.8) is 0 Å². The SMILES string of the molecule is C#CC(C)(C)NC(=O)c1ccc(C)cc1Br. The number of carbonyl (C=O) groups excluding carboxylic acids is 1. The summed E-state index contributed by atoms with van der Waals surface area (Å²) in [6, 6.07) is 5.57. The Morgan fingerprint density at radius 3 is 2.62 bits per heavy atom. The number of terminal acetylenes is 1. The predicted molar refractivity (Wildman–Crippen MR) is 69.3 cm³/mol. The lowest BCUT2D eigenvalue weighted by Gasteiger charge is -2.20. The molecule has 0 saturated heterocycles. The Labute approximate surface area is 105 Å². The minimum absolute atomic E-state index is 0.171. The zero-order valence-corrected chi connectivity index (χ0v) is 11.2. The summed E-state index contributed by atoms with van der Waals surface area (Å²) < 4.78 is 0.776. The fraction of sp³-hybridized carbons (Fsp3) is 0.308. The van der Waals surface area contributed by atoms with E-state index in [1.54, 1.807) is 19.9 Å². The van der Waals surface area contributed by atoms with E-state index in [4.69, 9.17) is 6.42 Å². The Bertz CT molecular complexity index is 457. The number of hydrogen-bond acceptors (Lipinski definition) is 1. The molecule has 0 radical (unpaired) electrons. The first-order valence-electron chi connectivity index (χ1n) is 4.92. The van der Waals surface area contributed by atoms with E-state index in [2.05, 4.69) is 27.2 Å². The summed E-state index contributed by atoms with van der Waals surface area (Å²) in [4.78, 5) is 11.9. The van der Waals surface area contributed by atoms with Gasteiger partial charge in [0.2, 0.25) is 0 Å². The largest absolute Gasteiger partial charge is 0.336 e. The molecule has 0 aliphatic heterocycles. The van der Waals surface area contributed by atoms with E-state index in [9.17, 15) is 4.79 Å². The van der Waals surface area contributed by atoms with Crippen LogP contribution in [0.25, 0.3) is 0 Å². The number of nitrogens with one attached hydrogen (secondary N) is 1. The lowest BCUT2D eigenvalue weighted by atomic mass is 10.1. The standard InChI is InChI=1S/C13H14BrNO/c1-5-13(3,4)15-12(16)10-7-6-9(2)8-11(10)14/h1,6-8H,2-4H3,(H,15,16). The molecule has 0 fully saturated rings. The third-order valence-corrected chi connectivity index (χ3v) is 2.81. The predicted octanol–water partition coefficient (Wildman–Crippen LogP) is 2.90. The second-order valence-electron chi connectivity index (χ2n) is 4.21. The maximum Gasteiger partial charge on any atom is 0.253 e. The molecule has 0 bridgehead atoms. The average molecular weight is 280 g/mol. The van der Waals surface area contributed by atoms with Gasteiger partial charge in [-0.05, 0) is 54.4 Å². The molecule has 0 saturated carbocycles. The first-order chi connectivity index (χ1) is 7.35. The zero-order chi connectivity index (χ0) is 12.3. The Kier molecular flexibility index (Phi) is 3.77. The summed E-state index contributed by atoms with van der Waals surface area (Å²) in [6.07, 6.45) is 5.32. The van der Waals surface area contributed by atoms with Crippen molar-refractivity contribution in [3.8, 4) is 12.3 Å². The molecule has 3 heteroatoms. The highest BCUT2D eigenvalue weighted by molar-refractivity contribution is 9.10. The van der Waals surface area contributed by atoms with Crippen LogP contribution in [0.4, 0.5) is 0 Å². The maximum atomic E-state index is 11.9. The minimum atomic E-state index is -0.637. The Balaban J connectivity index is 2.95. The van der Waals surface area contributed by atoms with E-state index in [1.165, 1.54) is 0 Å². The molecule has 0 heterocycles. The molecule has 0 unspecified atom stereocenters. The van der Waals surface area contributed by atoms with Crippen LogP contribution < -0.4 is 5.32 Å². The fourth-order valence-electron chi connectivity index (χ4n) is 1.19. The maximum absolute atomic E-state index is 11.9. The fourth-order valence-corrected chi connectivity index (χ4v) is 1.86. The molecule has 0 aromatic heterocycles. The summed E-state index contributed by atoms with van der Waals surface area (Å²) in [7, 11) is 0. The molecule has 0 aliphatic rings. The second kappa shape index (κ2) is 4.71. The minimum Gasteiger partial charge on any atom is -0.336 e. The van der Waals surface area contributed by atoms with Gasteiger partial charge in [0.25, 0.3) is 5.91 Å². The number of carbonyl (C=O) groups is 1. The Morgan fingerprint density at radius 2 is 2.12 bits per heavy atom. The van der Waals surface area contributed by atoms with Crippen LogP contribution >= 0.6 is 15.9 Å². The van der Waals surface area contributed by atoms with Crippen molar-refractivity contribution in [2.45, 2.75) is 26.3 Å². The van der Waals surface area contributed by atoms with Crippen molar-refractivity contribution < 1.29 is 4.79 Å². The van der Waals surface area contributed by atoms with Gasteiger partial charge in [0.15, 0.2) is 0 Å². The third kappa shape index (κ3) is 3.11. The number of benzene rings is 1. The summed E-state index contributed by atoms with van der Waals surface area (Å²) >= 11 is 3.36. The van der Waals surface area contributed by atoms with Crippen LogP contribution in [-0.4, -0.2) is 11.4 Å². The molecule has 16 heavy (non-hydrogen) atoms. The van der Waals surface area contributed by atoms with Crippen LogP contribution in [0.3, 0.4) is 0 Å². The van der Waals surface area contributed by atoms with Gasteiger partial charge in [-0.3, -0.25) is 4.79 Å². The first-order valence-corrected chi connectivity index (χ1v) is 5.71. The topological polar surface area (TPSA) is 29.1 Å². The molecule has 1 rings (SSSR count). The van der Waals surface area contributed by atoms with Gasteiger partial charge < -0.3 is 5.32 Å². The van der Waals surface area contributed by atoms with Crippen LogP contribution in [0.1, 0.15) is 29.8 Å². The highest BCUT2D eigenvalue weighted by Crippen LogP contribution is 2.18. The van der Waals surface area contributed by atoms with Crippen molar-refractivity contribution >= 4 is 21.8 Å². The highest BCUT2D eigenvalue weighted by Gasteiger charge is 2.19. The van der Waals surface area contributed by atoms with E-state index >= 15 is 0 Å².